The number of ether oxygens (including phenoxy) is 2. The summed E-state index contributed by atoms with van der Waals surface area (Å²) in [7, 11) is 2.86. The molecule has 2 aromatic rings. The predicted molar refractivity (Wildman–Crippen MR) is 108 cm³/mol. The number of halogens is 2. The highest BCUT2D eigenvalue weighted by Crippen LogP contribution is 2.35. The molecule has 1 amide bonds. The summed E-state index contributed by atoms with van der Waals surface area (Å²) >= 11 is 5.31. The molecular weight excluding hydrogens is 521 g/mol. The Morgan fingerprint density at radius 3 is 2.65 bits per heavy atom. The lowest BCUT2D eigenvalue weighted by Crippen LogP contribution is -2.17. The summed E-state index contributed by atoms with van der Waals surface area (Å²) < 4.78 is 11.5. The van der Waals surface area contributed by atoms with E-state index in [4.69, 9.17) is 9.47 Å². The number of hydrazone groups is 1. The van der Waals surface area contributed by atoms with Crippen molar-refractivity contribution in [3.8, 4) is 11.5 Å². The summed E-state index contributed by atoms with van der Waals surface area (Å²) in [5.41, 5.74) is 2.96. The van der Waals surface area contributed by atoms with E-state index in [9.17, 15) is 14.9 Å². The molecule has 26 heavy (non-hydrogen) atoms. The number of nitro groups is 1. The highest BCUT2D eigenvalue weighted by Gasteiger charge is 2.19. The van der Waals surface area contributed by atoms with Crippen molar-refractivity contribution in [1.29, 1.82) is 0 Å². The molecule has 0 aliphatic heterocycles. The Hall–Kier alpha value is -2.21. The van der Waals surface area contributed by atoms with E-state index >= 15 is 0 Å². The molecule has 0 aromatic heterocycles. The molecule has 136 valence electrons. The maximum absolute atomic E-state index is 12.1. The number of nitrogens with one attached hydrogen (secondary N) is 1. The number of amides is 1. The molecule has 0 aliphatic rings. The largest absolute Gasteiger partial charge is 0.496 e. The van der Waals surface area contributed by atoms with Gasteiger partial charge in [-0.25, -0.2) is 5.43 Å². The van der Waals surface area contributed by atoms with Crippen molar-refractivity contribution in [3.05, 3.63) is 59.6 Å². The molecule has 0 radical (unpaired) electrons. The molecule has 0 atom stereocenters. The van der Waals surface area contributed by atoms with Crippen molar-refractivity contribution in [3.63, 3.8) is 0 Å². The van der Waals surface area contributed by atoms with E-state index in [2.05, 4.69) is 49.0 Å². The van der Waals surface area contributed by atoms with E-state index < -0.39 is 10.8 Å². The number of methoxy groups -OCH3 is 2. The van der Waals surface area contributed by atoms with Gasteiger partial charge in [0.15, 0.2) is 0 Å². The van der Waals surface area contributed by atoms with Gasteiger partial charge in [0.05, 0.1) is 33.4 Å². The maximum Gasteiger partial charge on any atom is 0.312 e. The molecular formula is C16H13BrIN3O5. The first kappa shape index (κ1) is 20.1. The summed E-state index contributed by atoms with van der Waals surface area (Å²) in [5.74, 6) is 0.261. The van der Waals surface area contributed by atoms with Crippen LogP contribution in [-0.2, 0) is 0 Å². The van der Waals surface area contributed by atoms with Crippen molar-refractivity contribution >= 4 is 56.3 Å². The monoisotopic (exact) mass is 533 g/mol. The fourth-order valence-corrected chi connectivity index (χ4v) is 3.23. The molecule has 0 saturated heterocycles. The molecule has 0 aliphatic carbocycles. The summed E-state index contributed by atoms with van der Waals surface area (Å²) in [6.45, 7) is 0. The van der Waals surface area contributed by atoms with E-state index in [0.717, 1.165) is 3.57 Å². The lowest BCUT2D eigenvalue weighted by atomic mass is 10.2. The number of carbonyl (C=O) groups is 1. The van der Waals surface area contributed by atoms with Gasteiger partial charge in [0.1, 0.15) is 5.75 Å². The van der Waals surface area contributed by atoms with Gasteiger partial charge in [-0.15, -0.1) is 0 Å². The van der Waals surface area contributed by atoms with Crippen LogP contribution in [0.5, 0.6) is 11.5 Å². The van der Waals surface area contributed by atoms with Crippen LogP contribution >= 0.6 is 38.5 Å². The second-order valence-corrected chi connectivity index (χ2v) is 6.88. The Bertz CT molecular complexity index is 888. The van der Waals surface area contributed by atoms with E-state index in [1.54, 1.807) is 24.3 Å². The first-order valence-electron chi connectivity index (χ1n) is 7.06. The van der Waals surface area contributed by atoms with Gasteiger partial charge in [0, 0.05) is 17.2 Å². The number of benzene rings is 2. The fourth-order valence-electron chi connectivity index (χ4n) is 2.04. The maximum atomic E-state index is 12.1. The smallest absolute Gasteiger partial charge is 0.312 e. The van der Waals surface area contributed by atoms with Crippen molar-refractivity contribution in [2.75, 3.05) is 14.2 Å². The van der Waals surface area contributed by atoms with Gasteiger partial charge in [0.2, 0.25) is 5.75 Å². The Kier molecular flexibility index (Phi) is 6.91. The van der Waals surface area contributed by atoms with Crippen LogP contribution in [0.3, 0.4) is 0 Å². The summed E-state index contributed by atoms with van der Waals surface area (Å²) in [6.07, 6.45) is 1.30. The third-order valence-corrected chi connectivity index (χ3v) is 4.72. The third-order valence-electron chi connectivity index (χ3n) is 3.24. The molecule has 8 nitrogen and oxygen atoms in total. The molecule has 0 heterocycles. The first-order valence-corrected chi connectivity index (χ1v) is 8.93. The van der Waals surface area contributed by atoms with E-state index in [1.807, 2.05) is 0 Å². The van der Waals surface area contributed by atoms with Crippen LogP contribution in [0.2, 0.25) is 0 Å². The van der Waals surface area contributed by atoms with Crippen LogP contribution in [0.4, 0.5) is 5.69 Å². The van der Waals surface area contributed by atoms with Crippen LogP contribution in [0.1, 0.15) is 15.9 Å². The number of hydrogen-bond donors (Lipinski definition) is 1. The van der Waals surface area contributed by atoms with Gasteiger partial charge in [-0.05, 0) is 62.8 Å². The average molecular weight is 534 g/mol. The van der Waals surface area contributed by atoms with E-state index in [1.165, 1.54) is 26.5 Å². The standard InChI is InChI=1S/C16H13BrIN3O5/c1-25-14-7-10(3-4-12(14)18)16(22)20-19-8-9-5-11(17)15(26-2)13(6-9)21(23)24/h3-8H,1-2H3,(H,20,22)/b19-8-. The quantitative estimate of drug-likeness (QED) is 0.264. The van der Waals surface area contributed by atoms with Gasteiger partial charge < -0.3 is 9.47 Å². The molecule has 2 rings (SSSR count). The zero-order valence-electron chi connectivity index (χ0n) is 13.7. The van der Waals surface area contributed by atoms with Crippen LogP contribution in [0.15, 0.2) is 39.9 Å². The number of carbonyl (C=O) groups excluding carboxylic acids is 1. The zero-order chi connectivity index (χ0) is 19.3. The molecule has 1 N–H and O–H groups in total. The van der Waals surface area contributed by atoms with Gasteiger partial charge in [-0.1, -0.05) is 0 Å². The molecule has 0 unspecified atom stereocenters. The topological polar surface area (TPSA) is 103 Å². The van der Waals surface area contributed by atoms with Crippen LogP contribution in [0, 0.1) is 13.7 Å². The molecule has 2 aromatic carbocycles. The van der Waals surface area contributed by atoms with Gasteiger partial charge in [0.25, 0.3) is 5.91 Å². The average Bonchev–Trinajstić information content (AvgIpc) is 2.61. The van der Waals surface area contributed by atoms with Crippen molar-refractivity contribution < 1.29 is 19.2 Å². The Morgan fingerprint density at radius 1 is 1.31 bits per heavy atom. The summed E-state index contributed by atoms with van der Waals surface area (Å²) in [4.78, 5) is 22.7. The number of nitrogens with zero attached hydrogens (tertiary/aromatic N) is 2. The summed E-state index contributed by atoms with van der Waals surface area (Å²) in [5, 5.41) is 15.0. The molecule has 10 heteroatoms. The second kappa shape index (κ2) is 8.94. The number of nitro benzene ring substituents is 1. The zero-order valence-corrected chi connectivity index (χ0v) is 17.4. The second-order valence-electron chi connectivity index (χ2n) is 4.86. The molecule has 0 spiro atoms. The van der Waals surface area contributed by atoms with Crippen LogP contribution < -0.4 is 14.9 Å². The van der Waals surface area contributed by atoms with Crippen molar-refractivity contribution in [2.45, 2.75) is 0 Å². The highest BCUT2D eigenvalue weighted by molar-refractivity contribution is 14.1. The minimum atomic E-state index is -0.558. The highest BCUT2D eigenvalue weighted by atomic mass is 127. The fraction of sp³-hybridized carbons (Fsp3) is 0.125. The predicted octanol–water partition coefficient (Wildman–Crippen LogP) is 3.74. The lowest BCUT2D eigenvalue weighted by molar-refractivity contribution is -0.385. The van der Waals surface area contributed by atoms with Crippen molar-refractivity contribution in [1.82, 2.24) is 5.43 Å². The Balaban J connectivity index is 2.18. The van der Waals surface area contributed by atoms with E-state index in [0.29, 0.717) is 21.3 Å². The number of hydrogen-bond acceptors (Lipinski definition) is 6. The molecule has 0 fully saturated rings. The minimum Gasteiger partial charge on any atom is -0.496 e. The van der Waals surface area contributed by atoms with Crippen LogP contribution in [-0.4, -0.2) is 31.3 Å². The van der Waals surface area contributed by atoms with E-state index in [-0.39, 0.29) is 11.4 Å². The molecule has 0 bridgehead atoms. The summed E-state index contributed by atoms with van der Waals surface area (Å²) in [6, 6.07) is 7.88. The normalized spacial score (nSPS) is 10.6. The Labute approximate surface area is 171 Å². The molecule has 0 saturated carbocycles. The SMILES string of the molecule is COc1cc(C(=O)N/N=C\c2cc(Br)c(OC)c([N+](=O)[O-])c2)ccc1I. The minimum absolute atomic E-state index is 0.113. The number of rotatable bonds is 6. The Morgan fingerprint density at radius 2 is 2.04 bits per heavy atom. The van der Waals surface area contributed by atoms with Gasteiger partial charge in [-0.2, -0.15) is 5.10 Å². The lowest BCUT2D eigenvalue weighted by Gasteiger charge is -2.06. The van der Waals surface area contributed by atoms with Crippen LogP contribution in [0.25, 0.3) is 0 Å². The van der Waals surface area contributed by atoms with Gasteiger partial charge in [-0.3, -0.25) is 14.9 Å². The van der Waals surface area contributed by atoms with Gasteiger partial charge >= 0.3 is 5.69 Å². The first-order chi connectivity index (χ1) is 12.4. The van der Waals surface area contributed by atoms with Crippen molar-refractivity contribution in [2.24, 2.45) is 5.10 Å². The third kappa shape index (κ3) is 4.69.